The van der Waals surface area contributed by atoms with Crippen molar-refractivity contribution in [2.75, 3.05) is 7.11 Å². The summed E-state index contributed by atoms with van der Waals surface area (Å²) in [5, 5.41) is 0. The molecule has 0 saturated carbocycles. The van der Waals surface area contributed by atoms with Crippen LogP contribution in [0.25, 0.3) is 0 Å². The van der Waals surface area contributed by atoms with Crippen LogP contribution in [-0.4, -0.2) is 18.8 Å². The van der Waals surface area contributed by atoms with E-state index in [1.165, 1.54) is 5.46 Å². The summed E-state index contributed by atoms with van der Waals surface area (Å²) in [6.07, 6.45) is 5.99. The van der Waals surface area contributed by atoms with Gasteiger partial charge in [0.15, 0.2) is 6.71 Å². The molecule has 3 heteroatoms. The fraction of sp³-hybridized carbons (Fsp3) is 0.500. The molecule has 0 amide bonds. The summed E-state index contributed by atoms with van der Waals surface area (Å²) in [4.78, 5) is 4.15. The number of aromatic nitrogens is 1. The van der Waals surface area contributed by atoms with Gasteiger partial charge in [0.25, 0.3) is 0 Å². The van der Waals surface area contributed by atoms with Crippen LogP contribution in [-0.2, 0) is 0 Å². The molecular formula is C10H16BNO. The van der Waals surface area contributed by atoms with Gasteiger partial charge in [-0.3, -0.25) is 4.98 Å². The fourth-order valence-corrected chi connectivity index (χ4v) is 1.53. The number of ether oxygens (including phenoxy) is 1. The van der Waals surface area contributed by atoms with E-state index in [4.69, 9.17) is 4.74 Å². The van der Waals surface area contributed by atoms with Gasteiger partial charge in [-0.15, -0.1) is 0 Å². The van der Waals surface area contributed by atoms with Crippen LogP contribution in [0, 0.1) is 0 Å². The quantitative estimate of drug-likeness (QED) is 0.654. The van der Waals surface area contributed by atoms with E-state index in [1.807, 2.05) is 6.20 Å². The van der Waals surface area contributed by atoms with E-state index in [0.29, 0.717) is 6.71 Å². The van der Waals surface area contributed by atoms with Crippen LogP contribution in [0.3, 0.4) is 0 Å². The molecule has 1 aromatic heterocycles. The van der Waals surface area contributed by atoms with E-state index in [-0.39, 0.29) is 0 Å². The van der Waals surface area contributed by atoms with E-state index in [2.05, 4.69) is 24.9 Å². The summed E-state index contributed by atoms with van der Waals surface area (Å²) >= 11 is 0. The number of pyridine rings is 1. The maximum Gasteiger partial charge on any atom is 0.177 e. The zero-order chi connectivity index (χ0) is 9.68. The van der Waals surface area contributed by atoms with Crippen molar-refractivity contribution >= 4 is 12.2 Å². The predicted molar refractivity (Wildman–Crippen MR) is 57.1 cm³/mol. The molecule has 0 aliphatic heterocycles. The van der Waals surface area contributed by atoms with Crippen LogP contribution in [0.5, 0.6) is 5.75 Å². The van der Waals surface area contributed by atoms with Crippen molar-refractivity contribution in [2.24, 2.45) is 0 Å². The van der Waals surface area contributed by atoms with Gasteiger partial charge >= 0.3 is 0 Å². The molecule has 1 aromatic rings. The molecular weight excluding hydrogens is 161 g/mol. The number of rotatable bonds is 4. The number of nitrogens with zero attached hydrogens (tertiary/aromatic N) is 1. The molecule has 0 N–H and O–H groups in total. The minimum Gasteiger partial charge on any atom is -0.495 e. The minimum absolute atomic E-state index is 0.614. The highest BCUT2D eigenvalue weighted by Crippen LogP contribution is 2.06. The average molecular weight is 177 g/mol. The Morgan fingerprint density at radius 3 is 2.54 bits per heavy atom. The highest BCUT2D eigenvalue weighted by molar-refractivity contribution is 6.73. The van der Waals surface area contributed by atoms with Crippen molar-refractivity contribution in [3.8, 4) is 5.75 Å². The highest BCUT2D eigenvalue weighted by atomic mass is 16.5. The molecule has 0 fully saturated rings. The van der Waals surface area contributed by atoms with E-state index in [1.54, 1.807) is 13.3 Å². The number of hydrogen-bond acceptors (Lipinski definition) is 2. The summed E-state index contributed by atoms with van der Waals surface area (Å²) in [5.41, 5.74) is 1.28. The minimum atomic E-state index is 0.614. The van der Waals surface area contributed by atoms with Crippen LogP contribution in [0.15, 0.2) is 18.5 Å². The lowest BCUT2D eigenvalue weighted by molar-refractivity contribution is 0.413. The molecule has 0 unspecified atom stereocenters. The normalized spacial score (nSPS) is 9.77. The van der Waals surface area contributed by atoms with E-state index in [0.717, 1.165) is 18.4 Å². The van der Waals surface area contributed by atoms with E-state index < -0.39 is 0 Å². The second-order valence-electron chi connectivity index (χ2n) is 3.17. The highest BCUT2D eigenvalue weighted by Gasteiger charge is 2.11. The van der Waals surface area contributed by atoms with Crippen molar-refractivity contribution < 1.29 is 4.74 Å². The van der Waals surface area contributed by atoms with Gasteiger partial charge in [0.2, 0.25) is 0 Å². The summed E-state index contributed by atoms with van der Waals surface area (Å²) in [6.45, 7) is 5.02. The first kappa shape index (κ1) is 10.1. The zero-order valence-electron chi connectivity index (χ0n) is 8.58. The molecule has 2 nitrogen and oxygen atoms in total. The molecule has 0 spiro atoms. The Morgan fingerprint density at radius 1 is 1.31 bits per heavy atom. The van der Waals surface area contributed by atoms with Gasteiger partial charge in [-0.1, -0.05) is 32.0 Å². The first-order chi connectivity index (χ1) is 6.31. The first-order valence-electron chi connectivity index (χ1n) is 4.80. The average Bonchev–Trinajstić information content (AvgIpc) is 2.20. The van der Waals surface area contributed by atoms with E-state index in [9.17, 15) is 0 Å². The molecule has 13 heavy (non-hydrogen) atoms. The Bertz CT molecular complexity index is 261. The Hall–Kier alpha value is -0.985. The summed E-state index contributed by atoms with van der Waals surface area (Å²) in [5.74, 6) is 0.851. The third-order valence-electron chi connectivity index (χ3n) is 2.43. The van der Waals surface area contributed by atoms with Gasteiger partial charge in [-0.05, 0) is 6.07 Å². The second-order valence-corrected chi connectivity index (χ2v) is 3.17. The lowest BCUT2D eigenvalue weighted by Gasteiger charge is -2.09. The Labute approximate surface area is 80.4 Å². The fourth-order valence-electron chi connectivity index (χ4n) is 1.53. The monoisotopic (exact) mass is 177 g/mol. The van der Waals surface area contributed by atoms with Gasteiger partial charge in [0.05, 0.1) is 13.3 Å². The molecule has 0 atom stereocenters. The molecule has 0 bridgehead atoms. The maximum absolute atomic E-state index is 5.13. The van der Waals surface area contributed by atoms with Crippen LogP contribution in [0.2, 0.25) is 12.6 Å². The third-order valence-corrected chi connectivity index (χ3v) is 2.43. The van der Waals surface area contributed by atoms with Crippen molar-refractivity contribution in [1.29, 1.82) is 0 Å². The Balaban J connectivity index is 2.86. The topological polar surface area (TPSA) is 22.1 Å². The van der Waals surface area contributed by atoms with E-state index >= 15 is 0 Å². The van der Waals surface area contributed by atoms with Gasteiger partial charge in [0, 0.05) is 6.20 Å². The third kappa shape index (κ3) is 2.48. The van der Waals surface area contributed by atoms with Crippen LogP contribution in [0.4, 0.5) is 0 Å². The SMILES string of the molecule is CCB(CC)c1cncc(OC)c1. The molecule has 1 rings (SSSR count). The summed E-state index contributed by atoms with van der Waals surface area (Å²) in [6, 6.07) is 2.07. The van der Waals surface area contributed by atoms with Crippen LogP contribution in [0.1, 0.15) is 13.8 Å². The standard InChI is InChI=1S/C10H16BNO/c1-4-11(5-2)9-6-10(13-3)8-12-7-9/h6-8H,4-5H2,1-3H3. The second kappa shape index (κ2) is 4.90. The molecule has 0 saturated heterocycles. The molecule has 0 radical (unpaired) electrons. The van der Waals surface area contributed by atoms with Crippen LogP contribution < -0.4 is 10.2 Å². The lowest BCUT2D eigenvalue weighted by atomic mass is 9.42. The van der Waals surface area contributed by atoms with Gasteiger partial charge in [-0.2, -0.15) is 0 Å². The smallest absolute Gasteiger partial charge is 0.177 e. The predicted octanol–water partition coefficient (Wildman–Crippen LogP) is 1.83. The zero-order valence-corrected chi connectivity index (χ0v) is 8.58. The van der Waals surface area contributed by atoms with Crippen LogP contribution >= 0.6 is 0 Å². The van der Waals surface area contributed by atoms with Crippen molar-refractivity contribution in [2.45, 2.75) is 26.5 Å². The van der Waals surface area contributed by atoms with Gasteiger partial charge in [0.1, 0.15) is 5.75 Å². The summed E-state index contributed by atoms with van der Waals surface area (Å²) in [7, 11) is 1.67. The molecule has 0 aromatic carbocycles. The van der Waals surface area contributed by atoms with Crippen molar-refractivity contribution in [3.05, 3.63) is 18.5 Å². The largest absolute Gasteiger partial charge is 0.495 e. The first-order valence-corrected chi connectivity index (χ1v) is 4.80. The molecule has 0 aliphatic rings. The number of methoxy groups -OCH3 is 1. The molecule has 1 heterocycles. The number of hydrogen-bond donors (Lipinski definition) is 0. The Kier molecular flexibility index (Phi) is 3.81. The van der Waals surface area contributed by atoms with Crippen molar-refractivity contribution in [3.63, 3.8) is 0 Å². The Morgan fingerprint density at radius 2 is 2.00 bits per heavy atom. The molecule has 70 valence electrons. The summed E-state index contributed by atoms with van der Waals surface area (Å²) < 4.78 is 5.13. The van der Waals surface area contributed by atoms with Gasteiger partial charge < -0.3 is 4.74 Å². The maximum atomic E-state index is 5.13. The molecule has 0 aliphatic carbocycles. The van der Waals surface area contributed by atoms with Crippen molar-refractivity contribution in [1.82, 2.24) is 4.98 Å². The van der Waals surface area contributed by atoms with Gasteiger partial charge in [-0.25, -0.2) is 0 Å². The lowest BCUT2D eigenvalue weighted by Crippen LogP contribution is -2.28.